The van der Waals surface area contributed by atoms with Crippen LogP contribution in [0.4, 0.5) is 0 Å². The second-order valence-electron chi connectivity index (χ2n) is 6.14. The van der Waals surface area contributed by atoms with Gasteiger partial charge in [-0.25, -0.2) is 9.97 Å². The lowest BCUT2D eigenvalue weighted by molar-refractivity contribution is 0.0881. The average Bonchev–Trinajstić information content (AvgIpc) is 2.69. The maximum absolute atomic E-state index is 12.6. The lowest BCUT2D eigenvalue weighted by Crippen LogP contribution is -2.39. The largest absolute Gasteiger partial charge is 0.493 e. The molecule has 7 nitrogen and oxygen atoms in total. The SMILES string of the molecule is COc1cccc(C(=O)NC2CCC(Oc3ncccn3)CC2)c1OC. The van der Waals surface area contributed by atoms with Crippen LogP contribution in [-0.4, -0.2) is 42.2 Å². The first-order valence-electron chi connectivity index (χ1n) is 8.66. The fourth-order valence-corrected chi connectivity index (χ4v) is 3.15. The Labute approximate surface area is 152 Å². The predicted octanol–water partition coefficient (Wildman–Crippen LogP) is 2.61. The molecule has 1 saturated carbocycles. The molecule has 138 valence electrons. The number of rotatable bonds is 6. The Balaban J connectivity index is 1.55. The zero-order chi connectivity index (χ0) is 18.4. The lowest BCUT2D eigenvalue weighted by Gasteiger charge is -2.29. The third-order valence-corrected chi connectivity index (χ3v) is 4.47. The number of nitrogens with zero attached hydrogens (tertiary/aromatic N) is 2. The molecule has 1 aromatic heterocycles. The van der Waals surface area contributed by atoms with Crippen LogP contribution in [0.25, 0.3) is 0 Å². The van der Waals surface area contributed by atoms with E-state index in [9.17, 15) is 4.79 Å². The topological polar surface area (TPSA) is 82.6 Å². The van der Waals surface area contributed by atoms with E-state index in [2.05, 4.69) is 15.3 Å². The first-order valence-corrected chi connectivity index (χ1v) is 8.66. The Bertz CT molecular complexity index is 731. The zero-order valence-electron chi connectivity index (χ0n) is 15.0. The van der Waals surface area contributed by atoms with E-state index in [-0.39, 0.29) is 18.1 Å². The summed E-state index contributed by atoms with van der Waals surface area (Å²) in [6.45, 7) is 0. The number of carbonyl (C=O) groups excluding carboxylic acids is 1. The zero-order valence-corrected chi connectivity index (χ0v) is 15.0. The minimum Gasteiger partial charge on any atom is -0.493 e. The van der Waals surface area contributed by atoms with E-state index in [1.807, 2.05) is 0 Å². The normalized spacial score (nSPS) is 19.5. The molecule has 26 heavy (non-hydrogen) atoms. The van der Waals surface area contributed by atoms with Gasteiger partial charge in [0.05, 0.1) is 19.8 Å². The smallest absolute Gasteiger partial charge is 0.316 e. The molecule has 0 aliphatic heterocycles. The molecule has 0 radical (unpaired) electrons. The van der Waals surface area contributed by atoms with Gasteiger partial charge in [-0.15, -0.1) is 0 Å². The van der Waals surface area contributed by atoms with Crippen molar-refractivity contribution in [1.29, 1.82) is 0 Å². The number of hydrogen-bond donors (Lipinski definition) is 1. The number of aromatic nitrogens is 2. The van der Waals surface area contributed by atoms with Gasteiger partial charge in [-0.05, 0) is 43.9 Å². The summed E-state index contributed by atoms with van der Waals surface area (Å²) in [5.41, 5.74) is 0.475. The predicted molar refractivity (Wildman–Crippen MR) is 95.7 cm³/mol. The van der Waals surface area contributed by atoms with E-state index in [0.717, 1.165) is 25.7 Å². The molecule has 0 bridgehead atoms. The van der Waals surface area contributed by atoms with Crippen molar-refractivity contribution in [2.45, 2.75) is 37.8 Å². The number of para-hydroxylation sites is 1. The number of carbonyl (C=O) groups is 1. The summed E-state index contributed by atoms with van der Waals surface area (Å²) in [6.07, 6.45) is 6.78. The van der Waals surface area contributed by atoms with Crippen molar-refractivity contribution in [1.82, 2.24) is 15.3 Å². The van der Waals surface area contributed by atoms with Gasteiger partial charge in [-0.1, -0.05) is 6.07 Å². The maximum Gasteiger partial charge on any atom is 0.316 e. The average molecular weight is 357 g/mol. The van der Waals surface area contributed by atoms with Gasteiger partial charge in [-0.2, -0.15) is 0 Å². The molecule has 2 aromatic rings. The fourth-order valence-electron chi connectivity index (χ4n) is 3.15. The van der Waals surface area contributed by atoms with Crippen LogP contribution >= 0.6 is 0 Å². The van der Waals surface area contributed by atoms with E-state index in [1.165, 1.54) is 7.11 Å². The highest BCUT2D eigenvalue weighted by Crippen LogP contribution is 2.31. The Morgan fingerprint density at radius 3 is 2.42 bits per heavy atom. The summed E-state index contributed by atoms with van der Waals surface area (Å²) < 4.78 is 16.4. The summed E-state index contributed by atoms with van der Waals surface area (Å²) in [6, 6.07) is 7.55. The highest BCUT2D eigenvalue weighted by atomic mass is 16.5. The molecule has 0 atom stereocenters. The highest BCUT2D eigenvalue weighted by Gasteiger charge is 2.26. The second-order valence-corrected chi connectivity index (χ2v) is 6.14. The summed E-state index contributed by atoms with van der Waals surface area (Å²) in [5, 5.41) is 3.08. The summed E-state index contributed by atoms with van der Waals surface area (Å²) in [5.74, 6) is 0.836. The molecule has 1 N–H and O–H groups in total. The molecular formula is C19H23N3O4. The summed E-state index contributed by atoms with van der Waals surface area (Å²) in [4.78, 5) is 20.8. The third-order valence-electron chi connectivity index (χ3n) is 4.47. The van der Waals surface area contributed by atoms with Crippen molar-refractivity contribution in [3.8, 4) is 17.5 Å². The minimum atomic E-state index is -0.156. The van der Waals surface area contributed by atoms with Crippen LogP contribution in [0, 0.1) is 0 Å². The van der Waals surface area contributed by atoms with Gasteiger partial charge >= 0.3 is 6.01 Å². The fraction of sp³-hybridized carbons (Fsp3) is 0.421. The van der Waals surface area contributed by atoms with Gasteiger partial charge in [0.15, 0.2) is 11.5 Å². The van der Waals surface area contributed by atoms with E-state index < -0.39 is 0 Å². The van der Waals surface area contributed by atoms with E-state index in [4.69, 9.17) is 14.2 Å². The van der Waals surface area contributed by atoms with Gasteiger partial charge < -0.3 is 19.5 Å². The van der Waals surface area contributed by atoms with Crippen molar-refractivity contribution in [2.24, 2.45) is 0 Å². The van der Waals surface area contributed by atoms with Crippen LogP contribution in [-0.2, 0) is 0 Å². The van der Waals surface area contributed by atoms with Crippen LogP contribution in [0.3, 0.4) is 0 Å². The quantitative estimate of drug-likeness (QED) is 0.856. The molecule has 1 aliphatic rings. The van der Waals surface area contributed by atoms with Crippen LogP contribution in [0.5, 0.6) is 17.5 Å². The van der Waals surface area contributed by atoms with E-state index >= 15 is 0 Å². The van der Waals surface area contributed by atoms with Gasteiger partial charge in [0, 0.05) is 18.4 Å². The Hall–Kier alpha value is -2.83. The summed E-state index contributed by atoms with van der Waals surface area (Å²) in [7, 11) is 3.08. The highest BCUT2D eigenvalue weighted by molar-refractivity contribution is 5.98. The summed E-state index contributed by atoms with van der Waals surface area (Å²) >= 11 is 0. The van der Waals surface area contributed by atoms with Gasteiger partial charge in [0.2, 0.25) is 0 Å². The standard InChI is InChI=1S/C19H23N3O4/c1-24-16-6-3-5-15(17(16)25-2)18(23)22-13-7-9-14(10-8-13)26-19-20-11-4-12-21-19/h3-6,11-14H,7-10H2,1-2H3,(H,22,23). The van der Waals surface area contributed by atoms with Gasteiger partial charge in [0.25, 0.3) is 5.91 Å². The number of amides is 1. The molecule has 1 fully saturated rings. The van der Waals surface area contributed by atoms with Crippen LogP contribution in [0.15, 0.2) is 36.7 Å². The van der Waals surface area contributed by atoms with Crippen molar-refractivity contribution >= 4 is 5.91 Å². The van der Waals surface area contributed by atoms with Gasteiger partial charge in [-0.3, -0.25) is 4.79 Å². The Morgan fingerprint density at radius 1 is 1.04 bits per heavy atom. The van der Waals surface area contributed by atoms with E-state index in [0.29, 0.717) is 23.1 Å². The van der Waals surface area contributed by atoms with Crippen molar-refractivity contribution in [3.05, 3.63) is 42.2 Å². The second kappa shape index (κ2) is 8.51. The molecule has 1 amide bonds. The molecule has 3 rings (SSSR count). The first-order chi connectivity index (χ1) is 12.7. The molecule has 1 aliphatic carbocycles. The van der Waals surface area contributed by atoms with Crippen LogP contribution in [0.1, 0.15) is 36.0 Å². The molecular weight excluding hydrogens is 334 g/mol. The third kappa shape index (κ3) is 4.22. The van der Waals surface area contributed by atoms with Crippen LogP contribution < -0.4 is 19.5 Å². The van der Waals surface area contributed by atoms with Crippen molar-refractivity contribution < 1.29 is 19.0 Å². The maximum atomic E-state index is 12.6. The number of ether oxygens (including phenoxy) is 3. The van der Waals surface area contributed by atoms with Crippen molar-refractivity contribution in [2.75, 3.05) is 14.2 Å². The van der Waals surface area contributed by atoms with Crippen molar-refractivity contribution in [3.63, 3.8) is 0 Å². The van der Waals surface area contributed by atoms with E-state index in [1.54, 1.807) is 43.8 Å². The minimum absolute atomic E-state index is 0.0805. The first kappa shape index (κ1) is 18.0. The number of benzene rings is 1. The van der Waals surface area contributed by atoms with Crippen LogP contribution in [0.2, 0.25) is 0 Å². The molecule has 0 spiro atoms. The van der Waals surface area contributed by atoms with Gasteiger partial charge in [0.1, 0.15) is 6.10 Å². The number of hydrogen-bond acceptors (Lipinski definition) is 6. The number of nitrogens with one attached hydrogen (secondary N) is 1. The molecule has 1 heterocycles. The number of methoxy groups -OCH3 is 2. The molecule has 0 saturated heterocycles. The molecule has 1 aromatic carbocycles. The monoisotopic (exact) mass is 357 g/mol. The Kier molecular flexibility index (Phi) is 5.88. The molecule has 7 heteroatoms. The Morgan fingerprint density at radius 2 is 1.77 bits per heavy atom. The lowest BCUT2D eigenvalue weighted by atomic mass is 9.92. The molecule has 0 unspecified atom stereocenters.